The quantitative estimate of drug-likeness (QED) is 0.519. The van der Waals surface area contributed by atoms with Crippen molar-refractivity contribution in [3.63, 3.8) is 0 Å². The molecule has 0 unspecified atom stereocenters. The minimum Gasteiger partial charge on any atom is -0.480 e. The number of rotatable bonds is 6. The second-order valence-electron chi connectivity index (χ2n) is 6.42. The summed E-state index contributed by atoms with van der Waals surface area (Å²) >= 11 is 0. The predicted molar refractivity (Wildman–Crippen MR) is 102 cm³/mol. The lowest BCUT2D eigenvalue weighted by molar-refractivity contribution is -0.141. The number of hydrogen-bond donors (Lipinski definition) is 2. The lowest BCUT2D eigenvalue weighted by atomic mass is 10.0. The lowest BCUT2D eigenvalue weighted by Crippen LogP contribution is -2.45. The van der Waals surface area contributed by atoms with Crippen LogP contribution >= 0.6 is 0 Å². The number of ketones is 1. The molecule has 1 heterocycles. The fourth-order valence-corrected chi connectivity index (χ4v) is 3.19. The van der Waals surface area contributed by atoms with Crippen molar-refractivity contribution in [1.82, 2.24) is 9.88 Å². The number of carbonyl (C=O) groups excluding carboxylic acids is 2. The standard InChI is InChI=1S/C21H20N2O4/c1-13-18(15-10-6-7-11-17(15)23(13)2)19(24)20(25)22-16(21(26)27)12-14-8-4-3-5-9-14/h3-11,16H,12H2,1-2H3,(H,22,25)(H,26,27)/t16-/m0/s1. The third-order valence-electron chi connectivity index (χ3n) is 4.72. The number of carbonyl (C=O) groups is 3. The molecule has 0 aliphatic heterocycles. The summed E-state index contributed by atoms with van der Waals surface area (Å²) in [4.78, 5) is 36.9. The Morgan fingerprint density at radius 2 is 1.67 bits per heavy atom. The number of Topliss-reactive ketones (excluding diaryl/α,β-unsaturated/α-hetero) is 1. The van der Waals surface area contributed by atoms with Crippen LogP contribution < -0.4 is 5.32 Å². The first-order chi connectivity index (χ1) is 12.9. The van der Waals surface area contributed by atoms with Crippen LogP contribution in [0.2, 0.25) is 0 Å². The number of aryl methyl sites for hydroxylation is 1. The number of carboxylic acid groups (broad SMARTS) is 1. The predicted octanol–water partition coefficient (Wildman–Crippen LogP) is 2.48. The molecule has 6 heteroatoms. The Bertz CT molecular complexity index is 1020. The van der Waals surface area contributed by atoms with Crippen LogP contribution in [0.5, 0.6) is 0 Å². The van der Waals surface area contributed by atoms with Gasteiger partial charge in [-0.1, -0.05) is 48.5 Å². The average Bonchev–Trinajstić information content (AvgIpc) is 2.92. The third-order valence-corrected chi connectivity index (χ3v) is 4.72. The van der Waals surface area contributed by atoms with E-state index in [0.29, 0.717) is 16.6 Å². The van der Waals surface area contributed by atoms with Crippen molar-refractivity contribution in [2.75, 3.05) is 0 Å². The molecule has 1 atom stereocenters. The fourth-order valence-electron chi connectivity index (χ4n) is 3.19. The molecule has 0 fully saturated rings. The molecule has 0 bridgehead atoms. The number of para-hydroxylation sites is 1. The molecule has 0 saturated carbocycles. The molecule has 138 valence electrons. The van der Waals surface area contributed by atoms with Gasteiger partial charge in [0.1, 0.15) is 6.04 Å². The highest BCUT2D eigenvalue weighted by Gasteiger charge is 2.28. The van der Waals surface area contributed by atoms with Gasteiger partial charge in [0.05, 0.1) is 5.56 Å². The van der Waals surface area contributed by atoms with Gasteiger partial charge in [0, 0.05) is 30.1 Å². The van der Waals surface area contributed by atoms with Crippen LogP contribution in [-0.4, -0.2) is 33.4 Å². The summed E-state index contributed by atoms with van der Waals surface area (Å²) in [7, 11) is 1.82. The van der Waals surface area contributed by atoms with E-state index in [0.717, 1.165) is 11.1 Å². The molecule has 27 heavy (non-hydrogen) atoms. The van der Waals surface area contributed by atoms with E-state index in [9.17, 15) is 19.5 Å². The SMILES string of the molecule is Cc1c(C(=O)C(=O)N[C@@H](Cc2ccccc2)C(=O)O)c2ccccc2n1C. The third kappa shape index (κ3) is 3.60. The van der Waals surface area contributed by atoms with Crippen LogP contribution in [0.4, 0.5) is 0 Å². The maximum atomic E-state index is 12.8. The summed E-state index contributed by atoms with van der Waals surface area (Å²) in [5, 5.41) is 12.5. The summed E-state index contributed by atoms with van der Waals surface area (Å²) in [6, 6.07) is 15.1. The van der Waals surface area contributed by atoms with Crippen LogP contribution in [0.15, 0.2) is 54.6 Å². The van der Waals surface area contributed by atoms with Crippen LogP contribution in [0.1, 0.15) is 21.6 Å². The second kappa shape index (κ2) is 7.45. The van der Waals surface area contributed by atoms with Crippen LogP contribution in [0.3, 0.4) is 0 Å². The van der Waals surface area contributed by atoms with Crippen LogP contribution in [0.25, 0.3) is 10.9 Å². The Balaban J connectivity index is 1.86. The normalized spacial score (nSPS) is 11.9. The molecule has 1 amide bonds. The van der Waals surface area contributed by atoms with Gasteiger partial charge in [0.15, 0.2) is 0 Å². The minimum atomic E-state index is -1.19. The highest BCUT2D eigenvalue weighted by Crippen LogP contribution is 2.25. The van der Waals surface area contributed by atoms with E-state index < -0.39 is 23.7 Å². The summed E-state index contributed by atoms with van der Waals surface area (Å²) < 4.78 is 1.84. The Hall–Kier alpha value is -3.41. The number of fused-ring (bicyclic) bond motifs is 1. The molecule has 0 aliphatic carbocycles. The van der Waals surface area contributed by atoms with Gasteiger partial charge in [-0.2, -0.15) is 0 Å². The van der Waals surface area contributed by atoms with E-state index in [1.807, 2.05) is 29.8 Å². The van der Waals surface area contributed by atoms with Crippen molar-refractivity contribution in [3.05, 3.63) is 71.4 Å². The van der Waals surface area contributed by atoms with Crippen molar-refractivity contribution in [2.24, 2.45) is 7.05 Å². The molecule has 2 N–H and O–H groups in total. The summed E-state index contributed by atoms with van der Waals surface area (Å²) in [5.41, 5.74) is 2.56. The number of nitrogens with zero attached hydrogens (tertiary/aromatic N) is 1. The maximum absolute atomic E-state index is 12.8. The first-order valence-corrected chi connectivity index (χ1v) is 8.56. The van der Waals surface area contributed by atoms with E-state index in [4.69, 9.17) is 0 Å². The maximum Gasteiger partial charge on any atom is 0.326 e. The Morgan fingerprint density at radius 1 is 1.04 bits per heavy atom. The van der Waals surface area contributed by atoms with Crippen molar-refractivity contribution in [3.8, 4) is 0 Å². The second-order valence-corrected chi connectivity index (χ2v) is 6.42. The molecule has 0 saturated heterocycles. The van der Waals surface area contributed by atoms with Gasteiger partial charge < -0.3 is 15.0 Å². The number of carboxylic acids is 1. The van der Waals surface area contributed by atoms with Gasteiger partial charge in [0.25, 0.3) is 11.7 Å². The average molecular weight is 364 g/mol. The monoisotopic (exact) mass is 364 g/mol. The molecule has 0 spiro atoms. The Kier molecular flexibility index (Phi) is 5.07. The molecular weight excluding hydrogens is 344 g/mol. The van der Waals surface area contributed by atoms with E-state index >= 15 is 0 Å². The van der Waals surface area contributed by atoms with Crippen LogP contribution in [0, 0.1) is 6.92 Å². The topological polar surface area (TPSA) is 88.4 Å². The molecule has 6 nitrogen and oxygen atoms in total. The molecule has 1 aromatic heterocycles. The molecule has 3 aromatic rings. The number of aromatic nitrogens is 1. The Labute approximate surface area is 156 Å². The lowest BCUT2D eigenvalue weighted by Gasteiger charge is -2.14. The van der Waals surface area contributed by atoms with Gasteiger partial charge in [-0.25, -0.2) is 4.79 Å². The van der Waals surface area contributed by atoms with Crippen molar-refractivity contribution < 1.29 is 19.5 Å². The highest BCUT2D eigenvalue weighted by atomic mass is 16.4. The van der Waals surface area contributed by atoms with Gasteiger partial charge in [-0.15, -0.1) is 0 Å². The summed E-state index contributed by atoms with van der Waals surface area (Å²) in [6.45, 7) is 1.76. The highest BCUT2D eigenvalue weighted by molar-refractivity contribution is 6.45. The van der Waals surface area contributed by atoms with Gasteiger partial charge >= 0.3 is 5.97 Å². The molecule has 0 aliphatic rings. The number of nitrogens with one attached hydrogen (secondary N) is 1. The zero-order valence-electron chi connectivity index (χ0n) is 15.1. The number of aliphatic carboxylic acids is 1. The van der Waals surface area contributed by atoms with Gasteiger partial charge in [-0.3, -0.25) is 9.59 Å². The van der Waals surface area contributed by atoms with Crippen LogP contribution in [-0.2, 0) is 23.1 Å². The zero-order chi connectivity index (χ0) is 19.6. The van der Waals surface area contributed by atoms with Gasteiger partial charge in [0.2, 0.25) is 0 Å². The molecule has 2 aromatic carbocycles. The van der Waals surface area contributed by atoms with E-state index in [-0.39, 0.29) is 6.42 Å². The first-order valence-electron chi connectivity index (χ1n) is 8.56. The zero-order valence-corrected chi connectivity index (χ0v) is 15.1. The minimum absolute atomic E-state index is 0.101. The van der Waals surface area contributed by atoms with E-state index in [2.05, 4.69) is 5.32 Å². The fraction of sp³-hybridized carbons (Fsp3) is 0.190. The largest absolute Gasteiger partial charge is 0.480 e. The number of hydrogen-bond acceptors (Lipinski definition) is 3. The van der Waals surface area contributed by atoms with Crippen molar-refractivity contribution >= 4 is 28.6 Å². The van der Waals surface area contributed by atoms with Crippen molar-refractivity contribution in [2.45, 2.75) is 19.4 Å². The van der Waals surface area contributed by atoms with Crippen molar-refractivity contribution in [1.29, 1.82) is 0 Å². The molecule has 0 radical (unpaired) electrons. The number of benzene rings is 2. The summed E-state index contributed by atoms with van der Waals surface area (Å²) in [6.07, 6.45) is 0.101. The van der Waals surface area contributed by atoms with E-state index in [1.165, 1.54) is 0 Å². The number of amides is 1. The van der Waals surface area contributed by atoms with Gasteiger partial charge in [-0.05, 0) is 18.6 Å². The smallest absolute Gasteiger partial charge is 0.326 e. The van der Waals surface area contributed by atoms with E-state index in [1.54, 1.807) is 43.3 Å². The molecular formula is C21H20N2O4. The Morgan fingerprint density at radius 3 is 2.33 bits per heavy atom. The summed E-state index contributed by atoms with van der Waals surface area (Å²) in [5.74, 6) is -2.84. The molecule has 3 rings (SSSR count). The first kappa shape index (κ1) is 18.4.